The van der Waals surface area contributed by atoms with Gasteiger partial charge in [0.15, 0.2) is 5.96 Å². The Morgan fingerprint density at radius 2 is 2.08 bits per heavy atom. The molecule has 0 amide bonds. The van der Waals surface area contributed by atoms with Crippen LogP contribution in [0.2, 0.25) is 0 Å². The quantitative estimate of drug-likeness (QED) is 0.406. The minimum Gasteiger partial charge on any atom is -0.494 e. The molecule has 1 heterocycles. The number of guanidine groups is 1. The average Bonchev–Trinajstić information content (AvgIpc) is 2.96. The number of unbranched alkanes of at least 4 members (excludes halogenated alkanes) is 1. The first-order valence-electron chi connectivity index (χ1n) is 9.29. The lowest BCUT2D eigenvalue weighted by atomic mass is 10.2. The van der Waals surface area contributed by atoms with E-state index in [1.165, 1.54) is 0 Å². The molecule has 0 aliphatic rings. The summed E-state index contributed by atoms with van der Waals surface area (Å²) in [6, 6.07) is 8.09. The molecule has 0 radical (unpaired) electrons. The molecular weight excluding hydrogens is 328 g/mol. The lowest BCUT2D eigenvalue weighted by Crippen LogP contribution is -2.36. The zero-order valence-electron chi connectivity index (χ0n) is 16.3. The van der Waals surface area contributed by atoms with Gasteiger partial charge in [-0.05, 0) is 44.9 Å². The second-order valence-corrected chi connectivity index (χ2v) is 6.15. The molecule has 0 unspecified atom stereocenters. The molecule has 142 valence electrons. The van der Waals surface area contributed by atoms with Crippen LogP contribution in [0.25, 0.3) is 0 Å². The summed E-state index contributed by atoms with van der Waals surface area (Å²) < 4.78 is 11.4. The zero-order valence-corrected chi connectivity index (χ0v) is 16.3. The second-order valence-electron chi connectivity index (χ2n) is 6.15. The Bertz CT molecular complexity index is 690. The molecule has 0 bridgehead atoms. The fraction of sp³-hybridized carbons (Fsp3) is 0.500. The molecule has 2 N–H and O–H groups in total. The molecular formula is C20H30N4O2. The number of aromatic nitrogens is 1. The molecule has 2 rings (SSSR count). The third-order valence-electron chi connectivity index (χ3n) is 3.91. The molecule has 6 heteroatoms. The largest absolute Gasteiger partial charge is 0.494 e. The summed E-state index contributed by atoms with van der Waals surface area (Å²) in [5.74, 6) is 3.15. The highest BCUT2D eigenvalue weighted by Crippen LogP contribution is 2.14. The first-order chi connectivity index (χ1) is 12.6. The Kier molecular flexibility index (Phi) is 7.99. The number of oxazole rings is 1. The highest BCUT2D eigenvalue weighted by Gasteiger charge is 2.06. The van der Waals surface area contributed by atoms with Crippen LogP contribution in [-0.4, -0.2) is 24.1 Å². The van der Waals surface area contributed by atoms with Crippen LogP contribution in [0.4, 0.5) is 0 Å². The van der Waals surface area contributed by atoms with Gasteiger partial charge in [-0.25, -0.2) is 9.98 Å². The van der Waals surface area contributed by atoms with Gasteiger partial charge < -0.3 is 19.8 Å². The molecule has 2 aromatic rings. The van der Waals surface area contributed by atoms with Crippen LogP contribution in [0, 0.1) is 13.8 Å². The molecule has 0 atom stereocenters. The summed E-state index contributed by atoms with van der Waals surface area (Å²) in [5, 5.41) is 6.49. The van der Waals surface area contributed by atoms with Crippen molar-refractivity contribution in [1.82, 2.24) is 15.6 Å². The van der Waals surface area contributed by atoms with Gasteiger partial charge in [-0.15, -0.1) is 0 Å². The summed E-state index contributed by atoms with van der Waals surface area (Å²) in [7, 11) is 0. The van der Waals surface area contributed by atoms with Crippen molar-refractivity contribution >= 4 is 5.96 Å². The second kappa shape index (κ2) is 10.5. The van der Waals surface area contributed by atoms with Gasteiger partial charge in [0.05, 0.1) is 25.4 Å². The molecule has 1 aromatic carbocycles. The van der Waals surface area contributed by atoms with Crippen LogP contribution in [0.5, 0.6) is 5.75 Å². The first-order valence-corrected chi connectivity index (χ1v) is 9.29. The third-order valence-corrected chi connectivity index (χ3v) is 3.91. The van der Waals surface area contributed by atoms with Crippen molar-refractivity contribution in [3.8, 4) is 5.75 Å². The van der Waals surface area contributed by atoms with E-state index in [0.717, 1.165) is 54.7 Å². The highest BCUT2D eigenvalue weighted by molar-refractivity contribution is 5.79. The van der Waals surface area contributed by atoms with E-state index in [2.05, 4.69) is 33.6 Å². The lowest BCUT2D eigenvalue weighted by Gasteiger charge is -2.10. The molecule has 1 aromatic heterocycles. The smallest absolute Gasteiger partial charge is 0.214 e. The summed E-state index contributed by atoms with van der Waals surface area (Å²) in [6.45, 7) is 10.7. The molecule has 0 saturated heterocycles. The predicted octanol–water partition coefficient (Wildman–Crippen LogP) is 3.73. The van der Waals surface area contributed by atoms with Gasteiger partial charge >= 0.3 is 0 Å². The van der Waals surface area contributed by atoms with E-state index in [0.29, 0.717) is 19.0 Å². The Morgan fingerprint density at radius 3 is 2.77 bits per heavy atom. The molecule has 0 spiro atoms. The van der Waals surface area contributed by atoms with Crippen LogP contribution in [0.3, 0.4) is 0 Å². The average molecular weight is 358 g/mol. The van der Waals surface area contributed by atoms with E-state index in [-0.39, 0.29) is 0 Å². The molecule has 6 nitrogen and oxygen atoms in total. The van der Waals surface area contributed by atoms with Crippen molar-refractivity contribution in [1.29, 1.82) is 0 Å². The van der Waals surface area contributed by atoms with Crippen molar-refractivity contribution < 1.29 is 9.15 Å². The zero-order chi connectivity index (χ0) is 18.8. The minimum absolute atomic E-state index is 0.501. The number of hydrogen-bond donors (Lipinski definition) is 2. The fourth-order valence-electron chi connectivity index (χ4n) is 2.35. The van der Waals surface area contributed by atoms with Crippen molar-refractivity contribution in [2.75, 3.05) is 13.2 Å². The van der Waals surface area contributed by atoms with Crippen LogP contribution >= 0.6 is 0 Å². The number of aliphatic imine (C=N–C) groups is 1. The number of hydrogen-bond acceptors (Lipinski definition) is 4. The topological polar surface area (TPSA) is 71.7 Å². The number of aryl methyl sites for hydroxylation is 2. The van der Waals surface area contributed by atoms with Gasteiger partial charge in [-0.2, -0.15) is 0 Å². The van der Waals surface area contributed by atoms with Crippen LogP contribution in [-0.2, 0) is 13.1 Å². The monoisotopic (exact) mass is 358 g/mol. The summed E-state index contributed by atoms with van der Waals surface area (Å²) >= 11 is 0. The van der Waals surface area contributed by atoms with Crippen LogP contribution in [0.15, 0.2) is 33.7 Å². The normalized spacial score (nSPS) is 11.5. The number of ether oxygens (including phenoxy) is 1. The van der Waals surface area contributed by atoms with Crippen molar-refractivity contribution in [3.63, 3.8) is 0 Å². The number of nitrogens with one attached hydrogen (secondary N) is 2. The maximum Gasteiger partial charge on any atom is 0.214 e. The third kappa shape index (κ3) is 6.43. The van der Waals surface area contributed by atoms with Gasteiger partial charge in [0.1, 0.15) is 11.5 Å². The maximum absolute atomic E-state index is 5.76. The van der Waals surface area contributed by atoms with E-state index >= 15 is 0 Å². The van der Waals surface area contributed by atoms with E-state index in [1.807, 2.05) is 39.0 Å². The van der Waals surface area contributed by atoms with Gasteiger partial charge in [0.25, 0.3) is 0 Å². The van der Waals surface area contributed by atoms with E-state index in [4.69, 9.17) is 9.15 Å². The molecule has 26 heavy (non-hydrogen) atoms. The Hall–Kier alpha value is -2.50. The van der Waals surface area contributed by atoms with Gasteiger partial charge in [-0.3, -0.25) is 0 Å². The summed E-state index contributed by atoms with van der Waals surface area (Å²) in [5.41, 5.74) is 2.03. The highest BCUT2D eigenvalue weighted by atomic mass is 16.5. The Morgan fingerprint density at radius 1 is 1.23 bits per heavy atom. The van der Waals surface area contributed by atoms with Crippen LogP contribution < -0.4 is 15.4 Å². The maximum atomic E-state index is 5.76. The standard InChI is InChI=1S/C20H30N4O2/c1-5-7-11-25-18-10-8-9-17(12-18)13-22-20(21-6-2)23-14-19-24-15(3)16(4)26-19/h8-10,12H,5-7,11,13-14H2,1-4H3,(H2,21,22,23). The van der Waals surface area contributed by atoms with E-state index < -0.39 is 0 Å². The molecule has 0 aliphatic heterocycles. The number of benzene rings is 1. The van der Waals surface area contributed by atoms with Crippen molar-refractivity contribution in [2.45, 2.75) is 53.6 Å². The van der Waals surface area contributed by atoms with Crippen LogP contribution in [0.1, 0.15) is 49.6 Å². The number of nitrogens with zero attached hydrogens (tertiary/aromatic N) is 2. The SMILES string of the molecule is CCCCOc1cccc(CN=C(NCC)NCc2nc(C)c(C)o2)c1. The van der Waals surface area contributed by atoms with Crippen molar-refractivity contribution in [3.05, 3.63) is 47.2 Å². The van der Waals surface area contributed by atoms with Gasteiger partial charge in [0, 0.05) is 6.54 Å². The Labute approximate surface area is 156 Å². The Balaban J connectivity index is 1.94. The first kappa shape index (κ1) is 19.8. The molecule has 0 fully saturated rings. The van der Waals surface area contributed by atoms with Crippen molar-refractivity contribution in [2.24, 2.45) is 4.99 Å². The van der Waals surface area contributed by atoms with E-state index in [1.54, 1.807) is 0 Å². The molecule has 0 aliphatic carbocycles. The van der Waals surface area contributed by atoms with Gasteiger partial charge in [-0.1, -0.05) is 25.5 Å². The summed E-state index contributed by atoms with van der Waals surface area (Å²) in [6.07, 6.45) is 2.20. The minimum atomic E-state index is 0.501. The lowest BCUT2D eigenvalue weighted by molar-refractivity contribution is 0.309. The van der Waals surface area contributed by atoms with Gasteiger partial charge in [0.2, 0.25) is 5.89 Å². The molecule has 0 saturated carbocycles. The van der Waals surface area contributed by atoms with E-state index in [9.17, 15) is 0 Å². The summed E-state index contributed by atoms with van der Waals surface area (Å²) in [4.78, 5) is 9.01. The fourth-order valence-corrected chi connectivity index (χ4v) is 2.35. The number of rotatable bonds is 9. The predicted molar refractivity (Wildman–Crippen MR) is 104 cm³/mol.